The van der Waals surface area contributed by atoms with Crippen LogP contribution in [0.1, 0.15) is 38.1 Å². The van der Waals surface area contributed by atoms with Gasteiger partial charge in [0, 0.05) is 12.0 Å². The van der Waals surface area contributed by atoms with Gasteiger partial charge >= 0.3 is 0 Å². The number of hydrogen-bond donors (Lipinski definition) is 0. The fraction of sp³-hybridized carbons (Fsp3) is 0.500. The SMILES string of the molecule is COc1ccc(C(=O)C(C)C)c(OC(C)C)c1. The van der Waals surface area contributed by atoms with Gasteiger partial charge in [0.1, 0.15) is 11.5 Å². The maximum Gasteiger partial charge on any atom is 0.169 e. The molecule has 3 heteroatoms. The van der Waals surface area contributed by atoms with Gasteiger partial charge in [-0.15, -0.1) is 0 Å². The van der Waals surface area contributed by atoms with Crippen LogP contribution in [0.2, 0.25) is 0 Å². The summed E-state index contributed by atoms with van der Waals surface area (Å²) in [4.78, 5) is 12.0. The average Bonchev–Trinajstić information content (AvgIpc) is 2.27. The van der Waals surface area contributed by atoms with E-state index in [1.165, 1.54) is 0 Å². The average molecular weight is 236 g/mol. The summed E-state index contributed by atoms with van der Waals surface area (Å²) in [5, 5.41) is 0. The quantitative estimate of drug-likeness (QED) is 0.736. The topological polar surface area (TPSA) is 35.5 Å². The van der Waals surface area contributed by atoms with Crippen LogP contribution in [0.4, 0.5) is 0 Å². The Kier molecular flexibility index (Phi) is 4.55. The van der Waals surface area contributed by atoms with Crippen molar-refractivity contribution < 1.29 is 14.3 Å². The first-order chi connectivity index (χ1) is 7.95. The van der Waals surface area contributed by atoms with Crippen molar-refractivity contribution in [3.8, 4) is 11.5 Å². The van der Waals surface area contributed by atoms with E-state index in [1.54, 1.807) is 25.3 Å². The lowest BCUT2D eigenvalue weighted by atomic mass is 10.00. The molecule has 0 aliphatic heterocycles. The van der Waals surface area contributed by atoms with Crippen LogP contribution in [0.15, 0.2) is 18.2 Å². The Morgan fingerprint density at radius 3 is 2.29 bits per heavy atom. The van der Waals surface area contributed by atoms with Crippen molar-refractivity contribution in [2.24, 2.45) is 5.92 Å². The van der Waals surface area contributed by atoms with E-state index >= 15 is 0 Å². The van der Waals surface area contributed by atoms with Gasteiger partial charge in [-0.1, -0.05) is 13.8 Å². The molecule has 94 valence electrons. The minimum atomic E-state index is -0.0436. The summed E-state index contributed by atoms with van der Waals surface area (Å²) in [5.41, 5.74) is 0.620. The molecule has 0 saturated heterocycles. The van der Waals surface area contributed by atoms with E-state index in [0.29, 0.717) is 17.1 Å². The van der Waals surface area contributed by atoms with Gasteiger partial charge in [0.2, 0.25) is 0 Å². The van der Waals surface area contributed by atoms with E-state index in [0.717, 1.165) is 0 Å². The zero-order chi connectivity index (χ0) is 13.0. The monoisotopic (exact) mass is 236 g/mol. The normalized spacial score (nSPS) is 10.8. The van der Waals surface area contributed by atoms with Gasteiger partial charge in [-0.3, -0.25) is 4.79 Å². The van der Waals surface area contributed by atoms with Crippen molar-refractivity contribution in [1.29, 1.82) is 0 Å². The lowest BCUT2D eigenvalue weighted by Crippen LogP contribution is -2.13. The summed E-state index contributed by atoms with van der Waals surface area (Å²) in [6.07, 6.45) is 0.0285. The van der Waals surface area contributed by atoms with Crippen molar-refractivity contribution in [2.75, 3.05) is 7.11 Å². The van der Waals surface area contributed by atoms with E-state index in [-0.39, 0.29) is 17.8 Å². The number of benzene rings is 1. The van der Waals surface area contributed by atoms with Gasteiger partial charge < -0.3 is 9.47 Å². The zero-order valence-corrected chi connectivity index (χ0v) is 11.1. The molecule has 0 fully saturated rings. The fourth-order valence-electron chi connectivity index (χ4n) is 1.50. The third-order valence-corrected chi connectivity index (χ3v) is 2.34. The van der Waals surface area contributed by atoms with Crippen molar-refractivity contribution in [3.05, 3.63) is 23.8 Å². The van der Waals surface area contributed by atoms with E-state index in [9.17, 15) is 4.79 Å². The second kappa shape index (κ2) is 5.71. The molecule has 1 rings (SSSR count). The summed E-state index contributed by atoms with van der Waals surface area (Å²) < 4.78 is 10.8. The zero-order valence-electron chi connectivity index (χ0n) is 11.1. The molecule has 1 aromatic rings. The summed E-state index contributed by atoms with van der Waals surface area (Å²) in [5.74, 6) is 1.33. The number of hydrogen-bond acceptors (Lipinski definition) is 3. The highest BCUT2D eigenvalue weighted by atomic mass is 16.5. The Bertz CT molecular complexity index is 394. The molecule has 0 bridgehead atoms. The van der Waals surface area contributed by atoms with Gasteiger partial charge in [0.05, 0.1) is 18.8 Å². The maximum absolute atomic E-state index is 12.0. The molecule has 0 amide bonds. The molecule has 3 nitrogen and oxygen atoms in total. The standard InChI is InChI=1S/C14H20O3/c1-9(2)14(15)12-7-6-11(16-5)8-13(12)17-10(3)4/h6-10H,1-5H3. The number of carbonyl (C=O) groups excluding carboxylic acids is 1. The Labute approximate surface area is 103 Å². The smallest absolute Gasteiger partial charge is 0.169 e. The predicted octanol–water partition coefficient (Wildman–Crippen LogP) is 3.32. The van der Waals surface area contributed by atoms with Crippen molar-refractivity contribution >= 4 is 5.78 Å². The Balaban J connectivity index is 3.14. The first kappa shape index (κ1) is 13.6. The molecular formula is C14H20O3. The van der Waals surface area contributed by atoms with Gasteiger partial charge in [-0.25, -0.2) is 0 Å². The summed E-state index contributed by atoms with van der Waals surface area (Å²) in [6.45, 7) is 7.63. The van der Waals surface area contributed by atoms with Gasteiger partial charge in [-0.2, -0.15) is 0 Å². The minimum Gasteiger partial charge on any atom is -0.497 e. The third kappa shape index (κ3) is 3.48. The number of rotatable bonds is 5. The number of ketones is 1. The molecule has 17 heavy (non-hydrogen) atoms. The molecule has 0 spiro atoms. The molecule has 0 heterocycles. The van der Waals surface area contributed by atoms with Crippen LogP contribution in [0.25, 0.3) is 0 Å². The minimum absolute atomic E-state index is 0.0285. The molecule has 0 N–H and O–H groups in total. The molecule has 0 atom stereocenters. The van der Waals surface area contributed by atoms with E-state index in [4.69, 9.17) is 9.47 Å². The third-order valence-electron chi connectivity index (χ3n) is 2.34. The van der Waals surface area contributed by atoms with Crippen LogP contribution in [0.5, 0.6) is 11.5 Å². The second-order valence-corrected chi connectivity index (χ2v) is 4.55. The van der Waals surface area contributed by atoms with E-state index in [1.807, 2.05) is 27.7 Å². The largest absolute Gasteiger partial charge is 0.497 e. The summed E-state index contributed by atoms with van der Waals surface area (Å²) in [6, 6.07) is 5.30. The number of carbonyl (C=O) groups is 1. The Morgan fingerprint density at radius 1 is 1.18 bits per heavy atom. The highest BCUT2D eigenvalue weighted by Crippen LogP contribution is 2.27. The lowest BCUT2D eigenvalue weighted by molar-refractivity contribution is 0.0933. The highest BCUT2D eigenvalue weighted by Gasteiger charge is 2.17. The van der Waals surface area contributed by atoms with Crippen LogP contribution >= 0.6 is 0 Å². The van der Waals surface area contributed by atoms with E-state index < -0.39 is 0 Å². The van der Waals surface area contributed by atoms with Gasteiger partial charge in [0.25, 0.3) is 0 Å². The highest BCUT2D eigenvalue weighted by molar-refractivity contribution is 6.00. The molecular weight excluding hydrogens is 216 g/mol. The molecule has 1 aromatic carbocycles. The van der Waals surface area contributed by atoms with Gasteiger partial charge in [0.15, 0.2) is 5.78 Å². The van der Waals surface area contributed by atoms with Crippen LogP contribution in [-0.2, 0) is 0 Å². The van der Waals surface area contributed by atoms with Crippen molar-refractivity contribution in [1.82, 2.24) is 0 Å². The predicted molar refractivity (Wildman–Crippen MR) is 67.9 cm³/mol. The molecule has 0 aromatic heterocycles. The Morgan fingerprint density at radius 2 is 1.82 bits per heavy atom. The van der Waals surface area contributed by atoms with E-state index in [2.05, 4.69) is 0 Å². The first-order valence-electron chi connectivity index (χ1n) is 5.84. The fourth-order valence-corrected chi connectivity index (χ4v) is 1.50. The van der Waals surface area contributed by atoms with Crippen LogP contribution in [0, 0.1) is 5.92 Å². The van der Waals surface area contributed by atoms with Crippen LogP contribution in [-0.4, -0.2) is 19.0 Å². The second-order valence-electron chi connectivity index (χ2n) is 4.55. The molecule has 0 aliphatic carbocycles. The van der Waals surface area contributed by atoms with Crippen molar-refractivity contribution in [3.63, 3.8) is 0 Å². The Hall–Kier alpha value is -1.51. The molecule has 0 radical (unpaired) electrons. The molecule has 0 aliphatic rings. The number of methoxy groups -OCH3 is 1. The summed E-state index contributed by atoms with van der Waals surface area (Å²) >= 11 is 0. The van der Waals surface area contributed by atoms with Crippen molar-refractivity contribution in [2.45, 2.75) is 33.8 Å². The number of ether oxygens (including phenoxy) is 2. The number of Topliss-reactive ketones (excluding diaryl/α,β-unsaturated/α-hetero) is 1. The molecule has 0 unspecified atom stereocenters. The van der Waals surface area contributed by atoms with Gasteiger partial charge in [-0.05, 0) is 26.0 Å². The lowest BCUT2D eigenvalue weighted by Gasteiger charge is -2.15. The first-order valence-corrected chi connectivity index (χ1v) is 5.84. The maximum atomic E-state index is 12.0. The molecule has 0 saturated carbocycles. The van der Waals surface area contributed by atoms with Crippen LogP contribution in [0.3, 0.4) is 0 Å². The summed E-state index contributed by atoms with van der Waals surface area (Å²) in [7, 11) is 1.60. The van der Waals surface area contributed by atoms with Crippen LogP contribution < -0.4 is 9.47 Å².